The minimum absolute atomic E-state index is 0.0170. The second kappa shape index (κ2) is 55.5. The van der Waals surface area contributed by atoms with Crippen molar-refractivity contribution in [1.82, 2.24) is 47.9 Å². The monoisotopic (exact) mass is 1580 g/mol. The van der Waals surface area contributed by atoms with Gasteiger partial charge in [0.1, 0.15) is 49.9 Å². The zero-order valence-corrected chi connectivity index (χ0v) is 63.8. The normalized spacial score (nSPS) is 19.0. The van der Waals surface area contributed by atoms with Gasteiger partial charge in [0.2, 0.25) is 41.4 Å². The molecule has 0 aliphatic carbocycles. The van der Waals surface area contributed by atoms with Crippen LogP contribution in [0.25, 0.3) is 10.4 Å². The molecule has 2 aliphatic rings. The Labute approximate surface area is 641 Å². The predicted octanol–water partition coefficient (Wildman–Crippen LogP) is -1.66. The molecule has 0 saturated carbocycles. The van der Waals surface area contributed by atoms with Gasteiger partial charge in [-0.15, -0.1) is 0 Å². The van der Waals surface area contributed by atoms with Crippen molar-refractivity contribution in [2.24, 2.45) is 5.11 Å². The van der Waals surface area contributed by atoms with Crippen molar-refractivity contribution in [2.45, 2.75) is 174 Å². The average Bonchev–Trinajstić information content (AvgIpc) is 0.793. The number of ether oxygens (including phenoxy) is 15. The number of rotatable bonds is 55. The van der Waals surface area contributed by atoms with E-state index in [0.29, 0.717) is 58.7 Å². The van der Waals surface area contributed by atoms with E-state index >= 15 is 0 Å². The molecule has 9 amide bonds. The van der Waals surface area contributed by atoms with Gasteiger partial charge < -0.3 is 119 Å². The fourth-order valence-electron chi connectivity index (χ4n) is 10.5. The van der Waals surface area contributed by atoms with Crippen LogP contribution >= 0.6 is 0 Å². The van der Waals surface area contributed by atoms with Gasteiger partial charge in [-0.2, -0.15) is 0 Å². The van der Waals surface area contributed by atoms with Crippen molar-refractivity contribution in [3.05, 3.63) is 39.8 Å². The highest BCUT2D eigenvalue weighted by molar-refractivity contribution is 6.00. The van der Waals surface area contributed by atoms with Crippen molar-refractivity contribution < 1.29 is 143 Å². The summed E-state index contributed by atoms with van der Waals surface area (Å²) in [5.41, 5.74) is 8.19. The van der Waals surface area contributed by atoms with Crippen LogP contribution in [0, 0.1) is 0 Å². The van der Waals surface area contributed by atoms with E-state index in [1.807, 2.05) is 0 Å². The number of hydrogen-bond donors (Lipinski definition) is 9. The van der Waals surface area contributed by atoms with Gasteiger partial charge in [0.25, 0.3) is 11.8 Å². The van der Waals surface area contributed by atoms with Gasteiger partial charge in [0, 0.05) is 163 Å². The first-order valence-electron chi connectivity index (χ1n) is 36.1. The number of nitrogens with one attached hydrogen (secondary N) is 9. The first kappa shape index (κ1) is 95.3. The van der Waals surface area contributed by atoms with Gasteiger partial charge in [-0.05, 0) is 49.4 Å². The summed E-state index contributed by atoms with van der Waals surface area (Å²) >= 11 is 0. The molecule has 42 heteroatoms. The third kappa shape index (κ3) is 42.7. The molecule has 0 bridgehead atoms. The van der Waals surface area contributed by atoms with Crippen LogP contribution in [0.15, 0.2) is 23.3 Å². The van der Waals surface area contributed by atoms with Crippen molar-refractivity contribution in [3.63, 3.8) is 0 Å². The number of azide groups is 1. The van der Waals surface area contributed by atoms with E-state index in [1.54, 1.807) is 0 Å². The lowest BCUT2D eigenvalue weighted by atomic mass is 9.96. The van der Waals surface area contributed by atoms with E-state index in [4.69, 9.17) is 76.6 Å². The van der Waals surface area contributed by atoms with Gasteiger partial charge in [-0.25, -0.2) is 0 Å². The van der Waals surface area contributed by atoms with Gasteiger partial charge in [0.15, 0.2) is 37.0 Å². The Morgan fingerprint density at radius 3 is 1.13 bits per heavy atom. The molecular formula is C69H106N12O30. The minimum atomic E-state index is -1.31. The van der Waals surface area contributed by atoms with Crippen LogP contribution in [0.3, 0.4) is 0 Å². The van der Waals surface area contributed by atoms with Crippen LogP contribution in [0.1, 0.15) is 134 Å². The molecule has 111 heavy (non-hydrogen) atoms. The maximum atomic E-state index is 13.6. The maximum Gasteiger partial charge on any atom is 0.303 e. The quantitative estimate of drug-likeness (QED) is 0.00880. The van der Waals surface area contributed by atoms with Crippen LogP contribution in [0.4, 0.5) is 0 Å². The summed E-state index contributed by atoms with van der Waals surface area (Å²) in [5, 5.41) is 27.2. The molecule has 622 valence electrons. The van der Waals surface area contributed by atoms with Crippen LogP contribution in [-0.2, 0) is 129 Å². The highest BCUT2D eigenvalue weighted by Crippen LogP contribution is 2.30. The fourth-order valence-corrected chi connectivity index (χ4v) is 10.5. The summed E-state index contributed by atoms with van der Waals surface area (Å²) in [6.07, 6.45) is -9.12. The smallest absolute Gasteiger partial charge is 0.303 e. The van der Waals surface area contributed by atoms with Crippen molar-refractivity contribution in [1.29, 1.82) is 0 Å². The van der Waals surface area contributed by atoms with Crippen LogP contribution < -0.4 is 52.6 Å². The van der Waals surface area contributed by atoms with E-state index in [1.165, 1.54) is 32.0 Å². The molecule has 0 radical (unpaired) electrons. The molecule has 1 aromatic carbocycles. The molecule has 3 rings (SSSR count). The van der Waals surface area contributed by atoms with Gasteiger partial charge in [-0.1, -0.05) is 5.11 Å². The second-order valence-corrected chi connectivity index (χ2v) is 24.6. The number of carbonyl (C=O) groups excluding carboxylic acids is 15. The second-order valence-electron chi connectivity index (χ2n) is 24.6. The van der Waals surface area contributed by atoms with Crippen LogP contribution in [0.5, 0.6) is 5.75 Å². The molecular weight excluding hydrogens is 1480 g/mol. The number of carbonyl (C=O) groups is 15. The Hall–Kier alpha value is -9.94. The summed E-state index contributed by atoms with van der Waals surface area (Å²) < 4.78 is 83.2. The van der Waals surface area contributed by atoms with E-state index in [9.17, 15) is 71.9 Å². The lowest BCUT2D eigenvalue weighted by molar-refractivity contribution is -0.277. The number of hydrogen-bond acceptors (Lipinski definition) is 31. The molecule has 42 nitrogen and oxygen atoms in total. The molecule has 9 N–H and O–H groups in total. The summed E-state index contributed by atoms with van der Waals surface area (Å²) in [5.74, 6) is -8.85. The number of nitrogens with zero attached hydrogens (tertiary/aromatic N) is 3. The molecule has 2 heterocycles. The zero-order chi connectivity index (χ0) is 81.9. The molecule has 0 spiro atoms. The molecule has 0 aromatic heterocycles. The number of esters is 6. The molecule has 1 aromatic rings. The average molecular weight is 1580 g/mol. The predicted molar refractivity (Wildman–Crippen MR) is 380 cm³/mol. The van der Waals surface area contributed by atoms with E-state index in [0.717, 1.165) is 41.5 Å². The Morgan fingerprint density at radius 2 is 0.748 bits per heavy atom. The Morgan fingerprint density at radius 1 is 0.387 bits per heavy atom. The summed E-state index contributed by atoms with van der Waals surface area (Å²) in [7, 11) is 0. The summed E-state index contributed by atoms with van der Waals surface area (Å²) in [4.78, 5) is 190. The van der Waals surface area contributed by atoms with E-state index in [-0.39, 0.29) is 159 Å². The van der Waals surface area contributed by atoms with E-state index < -0.39 is 146 Å². The molecule has 2 fully saturated rings. The third-order valence-electron chi connectivity index (χ3n) is 15.2. The minimum Gasteiger partial charge on any atom is -0.492 e. The Balaban J connectivity index is 1.49. The van der Waals surface area contributed by atoms with Crippen molar-refractivity contribution in [2.75, 3.05) is 138 Å². The summed E-state index contributed by atoms with van der Waals surface area (Å²) in [6, 6.07) is 1.64. The molecule has 2 saturated heterocycles. The van der Waals surface area contributed by atoms with Crippen LogP contribution in [-0.4, -0.2) is 289 Å². The first-order chi connectivity index (χ1) is 53.1. The maximum absolute atomic E-state index is 13.6. The summed E-state index contributed by atoms with van der Waals surface area (Å²) in [6.45, 7) is 10.5. The standard InChI is InChI=1S/C69H106N12O30/c1-42(82)79-60-64(108-48(7)88)62(106-46(5)86)53(40-104-44(3)84)110-68(60)102-26-11-9-13-55(90)71-20-22-73-57(92)15-18-76-66(95)50-37-51(39-52(38-50)101-30-24-75-59(94)17-28-97-31-33-99-35-36-100-34-32-98-29-25-78-81-70)67(96)77-19-16-58(93)74-23-21-72-56(91)14-10-12-27-103-69-61(80-43(2)83)65(109-49(8)89)63(107-47(6)87)54(111-69)41-105-45(4)85/h37-39,53-54,60-65,68-69H,9-36,40-41H2,1-8H3,(H,71,90)(H,72,91)(H,73,92)(H,74,93)(H,75,94)(H,76,95)(H,77,96)(H,79,82)(H,80,83). The molecule has 10 atom stereocenters. The Bertz CT molecular complexity index is 3060. The highest BCUT2D eigenvalue weighted by Gasteiger charge is 2.53. The number of benzene rings is 1. The first-order valence-corrected chi connectivity index (χ1v) is 36.1. The highest BCUT2D eigenvalue weighted by atomic mass is 16.7. The number of amides is 9. The lowest BCUT2D eigenvalue weighted by Gasteiger charge is -2.44. The third-order valence-corrected chi connectivity index (χ3v) is 15.2. The van der Waals surface area contributed by atoms with Gasteiger partial charge in [-0.3, -0.25) is 71.9 Å². The number of unbranched alkanes of at least 4 members (excludes halogenated alkanes) is 2. The van der Waals surface area contributed by atoms with Gasteiger partial charge in [0.05, 0.1) is 59.4 Å². The molecule has 10 unspecified atom stereocenters. The molecule has 2 aliphatic heterocycles. The largest absolute Gasteiger partial charge is 0.492 e. The topological polar surface area (TPSA) is 552 Å². The van der Waals surface area contributed by atoms with Gasteiger partial charge >= 0.3 is 35.8 Å². The van der Waals surface area contributed by atoms with E-state index in [2.05, 4.69) is 57.9 Å². The lowest BCUT2D eigenvalue weighted by Crippen LogP contribution is -2.66. The zero-order valence-electron chi connectivity index (χ0n) is 63.8. The van der Waals surface area contributed by atoms with Crippen LogP contribution in [0.2, 0.25) is 0 Å². The van der Waals surface area contributed by atoms with Crippen molar-refractivity contribution >= 4 is 89.0 Å². The SMILES string of the molecule is CC(=O)NC1C(OCCCCC(=O)NCCNC(=O)CCNC(=O)c2cc(OCCNC(=O)CCOCCOCCOCCOCCN=[N+]=[N-])cc(C(=O)NCCC(=O)NCCNC(=O)CCCCOC3OC(COC(C)=O)C(OC(C)=O)C(OC(C)=O)C3NC(C)=O)c2)OC(COC(C)=O)C(OC(C)=O)C1OC(C)=O. The van der Waals surface area contributed by atoms with Crippen molar-refractivity contribution in [3.8, 4) is 5.75 Å². The Kier molecular flexibility index (Phi) is 47.6. The fraction of sp³-hybridized carbons (Fsp3) is 0.696.